The van der Waals surface area contributed by atoms with E-state index in [4.69, 9.17) is 14.2 Å². The minimum atomic E-state index is -3.35. The van der Waals surface area contributed by atoms with Crippen molar-refractivity contribution in [3.05, 3.63) is 23.9 Å². The van der Waals surface area contributed by atoms with Crippen LogP contribution in [0, 0.1) is 23.2 Å². The maximum absolute atomic E-state index is 16.2. The highest BCUT2D eigenvalue weighted by Crippen LogP contribution is 2.49. The van der Waals surface area contributed by atoms with Crippen molar-refractivity contribution in [2.75, 3.05) is 13.7 Å². The highest BCUT2D eigenvalue weighted by molar-refractivity contribution is 5.87. The standard InChI is InChI=1S/C37H49F2N3O6/c1-5-25-29(22-43)42-21-30(25)47-33-32(40-27-14-13-24(46-4)19-28(27)41-33)37(38,39)18-7-6-11-23-12-10-17-36(23,3)48-31(44)20-26(34(42)45)35(2)15-8-9-16-35/h13-14,19,22-23,25-26,29-30H,5-12,15-18,20-21H2,1-4H3/t23-,25+,26-,29-,30+,36-/m1/s1. The summed E-state index contributed by atoms with van der Waals surface area (Å²) in [6, 6.07) is 4.03. The van der Waals surface area contributed by atoms with Gasteiger partial charge in [0, 0.05) is 18.4 Å². The molecule has 6 atom stereocenters. The molecule has 2 saturated carbocycles. The molecule has 6 rings (SSSR count). The Morgan fingerprint density at radius 2 is 1.73 bits per heavy atom. The number of alkyl halides is 2. The van der Waals surface area contributed by atoms with Crippen molar-refractivity contribution in [1.82, 2.24) is 14.9 Å². The Hall–Kier alpha value is -3.37. The summed E-state index contributed by atoms with van der Waals surface area (Å²) < 4.78 is 50.3. The molecule has 3 heterocycles. The fourth-order valence-corrected chi connectivity index (χ4v) is 9.03. The second kappa shape index (κ2) is 13.5. The molecule has 0 N–H and O–H groups in total. The number of nitrogens with zero attached hydrogens (tertiary/aromatic N) is 3. The van der Waals surface area contributed by atoms with Gasteiger partial charge in [0.25, 0.3) is 5.92 Å². The average Bonchev–Trinajstić information content (AvgIpc) is 3.76. The summed E-state index contributed by atoms with van der Waals surface area (Å²) in [6.45, 7) is 5.91. The molecule has 0 spiro atoms. The van der Waals surface area contributed by atoms with E-state index in [2.05, 4.69) is 16.9 Å². The van der Waals surface area contributed by atoms with E-state index in [1.165, 1.54) is 12.0 Å². The fourth-order valence-electron chi connectivity index (χ4n) is 9.03. The molecular weight excluding hydrogens is 620 g/mol. The third-order valence-corrected chi connectivity index (χ3v) is 12.0. The predicted octanol–water partition coefficient (Wildman–Crippen LogP) is 7.18. The first-order valence-electron chi connectivity index (χ1n) is 17.8. The Kier molecular flexibility index (Phi) is 9.70. The molecule has 0 radical (unpaired) electrons. The molecule has 1 saturated heterocycles. The smallest absolute Gasteiger partial charge is 0.307 e. The number of fused-ring (bicyclic) bond motifs is 5. The van der Waals surface area contributed by atoms with Gasteiger partial charge in [-0.15, -0.1) is 0 Å². The number of benzene rings is 1. The highest BCUT2D eigenvalue weighted by Gasteiger charge is 2.52. The minimum absolute atomic E-state index is 0.00496. The van der Waals surface area contributed by atoms with Gasteiger partial charge in [0.2, 0.25) is 11.8 Å². The van der Waals surface area contributed by atoms with E-state index < -0.39 is 59.0 Å². The third-order valence-electron chi connectivity index (χ3n) is 12.0. The van der Waals surface area contributed by atoms with Gasteiger partial charge >= 0.3 is 5.97 Å². The molecule has 3 fully saturated rings. The van der Waals surface area contributed by atoms with Gasteiger partial charge in [-0.05, 0) is 81.8 Å². The van der Waals surface area contributed by atoms with Gasteiger partial charge in [-0.1, -0.05) is 33.1 Å². The topological polar surface area (TPSA) is 108 Å². The largest absolute Gasteiger partial charge is 0.497 e. The van der Waals surface area contributed by atoms with Crippen LogP contribution in [0.25, 0.3) is 11.0 Å². The van der Waals surface area contributed by atoms with Crippen LogP contribution < -0.4 is 9.47 Å². The van der Waals surface area contributed by atoms with Gasteiger partial charge in [0.05, 0.1) is 43.1 Å². The van der Waals surface area contributed by atoms with E-state index in [0.29, 0.717) is 36.9 Å². The lowest BCUT2D eigenvalue weighted by atomic mass is 9.73. The van der Waals surface area contributed by atoms with E-state index in [9.17, 15) is 14.4 Å². The van der Waals surface area contributed by atoms with Gasteiger partial charge in [0.15, 0.2) is 5.69 Å². The van der Waals surface area contributed by atoms with Gasteiger partial charge in [-0.25, -0.2) is 9.97 Å². The second-order valence-corrected chi connectivity index (χ2v) is 15.0. The normalized spacial score (nSPS) is 32.5. The molecule has 2 bridgehead atoms. The molecule has 262 valence electrons. The van der Waals surface area contributed by atoms with Gasteiger partial charge in [0.1, 0.15) is 23.7 Å². The van der Waals surface area contributed by atoms with Gasteiger partial charge in [-0.3, -0.25) is 9.59 Å². The van der Waals surface area contributed by atoms with E-state index in [1.807, 2.05) is 13.8 Å². The summed E-state index contributed by atoms with van der Waals surface area (Å²) in [5.74, 6) is -4.95. The molecule has 1 aromatic heterocycles. The Balaban J connectivity index is 1.43. The lowest BCUT2D eigenvalue weighted by Crippen LogP contribution is -2.47. The van der Waals surface area contributed by atoms with Crippen LogP contribution in [0.1, 0.15) is 110 Å². The number of hydrogen-bond acceptors (Lipinski definition) is 8. The number of methoxy groups -OCH3 is 1. The first-order chi connectivity index (χ1) is 22.9. The fraction of sp³-hybridized carbons (Fsp3) is 0.703. The Morgan fingerprint density at radius 3 is 2.44 bits per heavy atom. The second-order valence-electron chi connectivity index (χ2n) is 15.0. The molecule has 11 heteroatoms. The number of hydrogen-bond donors (Lipinski definition) is 0. The molecule has 2 aliphatic heterocycles. The lowest BCUT2D eigenvalue weighted by molar-refractivity contribution is -0.167. The van der Waals surface area contributed by atoms with E-state index >= 15 is 8.78 Å². The van der Waals surface area contributed by atoms with Crippen LogP contribution in [-0.4, -0.2) is 64.4 Å². The third kappa shape index (κ3) is 6.50. The average molecular weight is 670 g/mol. The predicted molar refractivity (Wildman–Crippen MR) is 175 cm³/mol. The number of ether oxygens (including phenoxy) is 3. The summed E-state index contributed by atoms with van der Waals surface area (Å²) in [7, 11) is 1.51. The first-order valence-corrected chi connectivity index (χ1v) is 17.8. The van der Waals surface area contributed by atoms with Crippen molar-refractivity contribution < 1.29 is 37.4 Å². The maximum atomic E-state index is 16.2. The maximum Gasteiger partial charge on any atom is 0.307 e. The summed E-state index contributed by atoms with van der Waals surface area (Å²) in [6.07, 6.45) is 7.29. The number of aromatic nitrogens is 2. The van der Waals surface area contributed by atoms with Crippen molar-refractivity contribution in [1.29, 1.82) is 0 Å². The SMILES string of the molecule is CC[C@@H]1[C@@H]2CN(C(=O)[C@H](C3(C)CCCC3)CC(=O)O[C@]3(C)CCC[C@H]3CCCCC(F)(F)c3nc4ccc(OC)cc4nc3O2)[C@@H]1C=O. The zero-order chi connectivity index (χ0) is 34.3. The van der Waals surface area contributed by atoms with Crippen molar-refractivity contribution in [2.45, 2.75) is 128 Å². The van der Waals surface area contributed by atoms with Crippen LogP contribution in [0.5, 0.6) is 11.6 Å². The summed E-state index contributed by atoms with van der Waals surface area (Å²) in [4.78, 5) is 51.5. The number of aldehydes is 1. The number of halogens is 2. The van der Waals surface area contributed by atoms with E-state index in [-0.39, 0.29) is 42.6 Å². The van der Waals surface area contributed by atoms with Crippen LogP contribution in [0.3, 0.4) is 0 Å². The number of esters is 1. The first kappa shape index (κ1) is 34.5. The molecule has 2 aromatic rings. The Bertz CT molecular complexity index is 1530. The summed E-state index contributed by atoms with van der Waals surface area (Å²) in [5.41, 5.74) is -1.06. The quantitative estimate of drug-likeness (QED) is 0.249. The molecular formula is C37H49F2N3O6. The molecule has 1 aromatic carbocycles. The molecule has 0 unspecified atom stereocenters. The monoisotopic (exact) mass is 669 g/mol. The minimum Gasteiger partial charge on any atom is -0.497 e. The van der Waals surface area contributed by atoms with Crippen LogP contribution in [0.15, 0.2) is 18.2 Å². The number of carbonyl (C=O) groups is 3. The number of carbonyl (C=O) groups excluding carboxylic acids is 3. The van der Waals surface area contributed by atoms with Crippen molar-refractivity contribution in [3.8, 4) is 11.6 Å². The van der Waals surface area contributed by atoms with E-state index in [0.717, 1.165) is 44.8 Å². The van der Waals surface area contributed by atoms with Gasteiger partial charge < -0.3 is 23.9 Å². The Labute approximate surface area is 281 Å². The lowest BCUT2D eigenvalue weighted by Gasteiger charge is -2.38. The zero-order valence-electron chi connectivity index (χ0n) is 28.6. The molecule has 1 amide bonds. The van der Waals surface area contributed by atoms with Crippen molar-refractivity contribution in [2.24, 2.45) is 23.2 Å². The molecule has 9 nitrogen and oxygen atoms in total. The molecule has 48 heavy (non-hydrogen) atoms. The Morgan fingerprint density at radius 1 is 1.00 bits per heavy atom. The highest BCUT2D eigenvalue weighted by atomic mass is 19.3. The van der Waals surface area contributed by atoms with Crippen LogP contribution in [0.4, 0.5) is 8.78 Å². The summed E-state index contributed by atoms with van der Waals surface area (Å²) >= 11 is 0. The summed E-state index contributed by atoms with van der Waals surface area (Å²) in [5, 5.41) is 0. The molecule has 4 aliphatic rings. The van der Waals surface area contributed by atoms with Crippen LogP contribution >= 0.6 is 0 Å². The zero-order valence-corrected chi connectivity index (χ0v) is 28.6. The van der Waals surface area contributed by atoms with Gasteiger partial charge in [-0.2, -0.15) is 8.78 Å². The van der Waals surface area contributed by atoms with E-state index in [1.54, 1.807) is 18.2 Å². The number of rotatable bonds is 4. The van der Waals surface area contributed by atoms with Crippen molar-refractivity contribution >= 4 is 29.2 Å². The van der Waals surface area contributed by atoms with Crippen molar-refractivity contribution in [3.63, 3.8) is 0 Å². The molecule has 2 aliphatic carbocycles. The van der Waals surface area contributed by atoms with Crippen LogP contribution in [-0.2, 0) is 25.0 Å². The van der Waals surface area contributed by atoms with Crippen LogP contribution in [0.2, 0.25) is 0 Å². The number of amides is 1.